The molecule has 4 nitrogen and oxygen atoms in total. The predicted octanol–water partition coefficient (Wildman–Crippen LogP) is 3.75. The largest absolute Gasteiger partial charge is 0.326 e. The van der Waals surface area contributed by atoms with E-state index in [1.807, 2.05) is 18.2 Å². The van der Waals surface area contributed by atoms with Gasteiger partial charge in [-0.15, -0.1) is 0 Å². The number of hydrogen-bond donors (Lipinski definition) is 1. The Morgan fingerprint density at radius 1 is 1.32 bits per heavy atom. The molecule has 0 aromatic heterocycles. The number of benzene rings is 1. The van der Waals surface area contributed by atoms with E-state index in [9.17, 15) is 9.59 Å². The van der Waals surface area contributed by atoms with E-state index in [4.69, 9.17) is 0 Å². The lowest BCUT2D eigenvalue weighted by Crippen LogP contribution is -2.25. The number of carbonyl (C=O) groups is 2. The van der Waals surface area contributed by atoms with Crippen molar-refractivity contribution < 1.29 is 9.59 Å². The molecule has 1 N–H and O–H groups in total. The summed E-state index contributed by atoms with van der Waals surface area (Å²) < 4.78 is 0. The Labute approximate surface area is 132 Å². The topological polar surface area (TPSA) is 49.4 Å². The lowest BCUT2D eigenvalue weighted by Gasteiger charge is -2.17. The molecule has 2 rings (SSSR count). The summed E-state index contributed by atoms with van der Waals surface area (Å²) >= 11 is 0. The van der Waals surface area contributed by atoms with Crippen molar-refractivity contribution >= 4 is 23.2 Å². The van der Waals surface area contributed by atoms with Gasteiger partial charge < -0.3 is 10.2 Å². The first kappa shape index (κ1) is 16.5. The molecule has 1 unspecified atom stereocenters. The molecule has 0 fully saturated rings. The molecule has 0 radical (unpaired) electrons. The maximum atomic E-state index is 12.3. The number of fused-ring (bicyclic) bond motifs is 1. The molecular weight excluding hydrogens is 276 g/mol. The second-order valence-corrected chi connectivity index (χ2v) is 6.00. The highest BCUT2D eigenvalue weighted by Gasteiger charge is 2.23. The molecule has 120 valence electrons. The van der Waals surface area contributed by atoms with E-state index >= 15 is 0 Å². The van der Waals surface area contributed by atoms with Crippen LogP contribution in [0.4, 0.5) is 11.4 Å². The van der Waals surface area contributed by atoms with Crippen LogP contribution in [0.1, 0.15) is 52.0 Å². The molecule has 1 heterocycles. The highest BCUT2D eigenvalue weighted by molar-refractivity contribution is 5.96. The fourth-order valence-electron chi connectivity index (χ4n) is 3.02. The fourth-order valence-corrected chi connectivity index (χ4v) is 3.02. The van der Waals surface area contributed by atoms with Gasteiger partial charge in [-0.1, -0.05) is 26.7 Å². The summed E-state index contributed by atoms with van der Waals surface area (Å²) in [7, 11) is 0. The summed E-state index contributed by atoms with van der Waals surface area (Å²) in [5.41, 5.74) is 2.95. The summed E-state index contributed by atoms with van der Waals surface area (Å²) in [6, 6.07) is 5.83. The van der Waals surface area contributed by atoms with Gasteiger partial charge in [0.25, 0.3) is 0 Å². The summed E-state index contributed by atoms with van der Waals surface area (Å²) in [6.07, 6.45) is 4.87. The van der Waals surface area contributed by atoms with Crippen LogP contribution in [-0.2, 0) is 16.0 Å². The second kappa shape index (κ2) is 7.43. The number of unbranched alkanes of at least 4 members (excludes halogenated alkanes) is 1. The number of hydrogen-bond acceptors (Lipinski definition) is 2. The number of anilines is 2. The van der Waals surface area contributed by atoms with E-state index in [-0.39, 0.29) is 17.7 Å². The average molecular weight is 302 g/mol. The van der Waals surface area contributed by atoms with Crippen molar-refractivity contribution in [3.8, 4) is 0 Å². The van der Waals surface area contributed by atoms with Crippen LogP contribution in [0.5, 0.6) is 0 Å². The Morgan fingerprint density at radius 2 is 2.09 bits per heavy atom. The zero-order valence-corrected chi connectivity index (χ0v) is 13.8. The first-order valence-electron chi connectivity index (χ1n) is 8.28. The van der Waals surface area contributed by atoms with Crippen molar-refractivity contribution in [3.05, 3.63) is 23.8 Å². The Balaban J connectivity index is 2.05. The molecular formula is C18H26N2O2. The van der Waals surface area contributed by atoms with E-state index in [1.165, 1.54) is 0 Å². The van der Waals surface area contributed by atoms with Crippen LogP contribution in [-0.4, -0.2) is 18.4 Å². The Morgan fingerprint density at radius 3 is 2.73 bits per heavy atom. The molecule has 0 saturated heterocycles. The number of amides is 2. The van der Waals surface area contributed by atoms with E-state index in [1.54, 1.807) is 11.8 Å². The molecule has 2 amide bonds. The molecule has 0 spiro atoms. The number of rotatable bonds is 6. The Kier molecular flexibility index (Phi) is 5.58. The molecule has 1 aromatic rings. The lowest BCUT2D eigenvalue weighted by molar-refractivity contribution is -0.120. The van der Waals surface area contributed by atoms with Gasteiger partial charge in [0.05, 0.1) is 0 Å². The second-order valence-electron chi connectivity index (χ2n) is 6.00. The van der Waals surface area contributed by atoms with Gasteiger partial charge in [-0.2, -0.15) is 0 Å². The van der Waals surface area contributed by atoms with Crippen molar-refractivity contribution in [2.45, 2.75) is 52.9 Å². The normalized spacial score (nSPS) is 14.6. The van der Waals surface area contributed by atoms with Crippen LogP contribution >= 0.6 is 0 Å². The van der Waals surface area contributed by atoms with Crippen molar-refractivity contribution in [2.24, 2.45) is 5.92 Å². The van der Waals surface area contributed by atoms with Crippen molar-refractivity contribution in [1.82, 2.24) is 0 Å². The van der Waals surface area contributed by atoms with Crippen molar-refractivity contribution in [1.29, 1.82) is 0 Å². The Bertz CT molecular complexity index is 554. The smallest absolute Gasteiger partial charge is 0.227 e. The van der Waals surface area contributed by atoms with Crippen LogP contribution in [0.2, 0.25) is 0 Å². The SMILES string of the molecule is CCCCC(CC)C(=O)Nc1ccc2c(c1)CCN2C(C)=O. The third kappa shape index (κ3) is 3.67. The first-order valence-corrected chi connectivity index (χ1v) is 8.28. The first-order chi connectivity index (χ1) is 10.6. The zero-order chi connectivity index (χ0) is 16.1. The maximum absolute atomic E-state index is 12.3. The maximum Gasteiger partial charge on any atom is 0.227 e. The monoisotopic (exact) mass is 302 g/mol. The van der Waals surface area contributed by atoms with E-state index < -0.39 is 0 Å². The highest BCUT2D eigenvalue weighted by Crippen LogP contribution is 2.30. The number of nitrogens with zero attached hydrogens (tertiary/aromatic N) is 1. The molecule has 1 atom stereocenters. The molecule has 1 aliphatic rings. The van der Waals surface area contributed by atoms with E-state index in [2.05, 4.69) is 19.2 Å². The summed E-state index contributed by atoms with van der Waals surface area (Å²) in [6.45, 7) is 6.53. The van der Waals surface area contributed by atoms with Gasteiger partial charge in [0.2, 0.25) is 11.8 Å². The van der Waals surface area contributed by atoms with Crippen molar-refractivity contribution in [3.63, 3.8) is 0 Å². The van der Waals surface area contributed by atoms with Crippen LogP contribution in [0, 0.1) is 5.92 Å². The van der Waals surface area contributed by atoms with Gasteiger partial charge in [0, 0.05) is 30.8 Å². The number of carbonyl (C=O) groups excluding carboxylic acids is 2. The molecule has 4 heteroatoms. The van der Waals surface area contributed by atoms with Crippen LogP contribution in [0.25, 0.3) is 0 Å². The van der Waals surface area contributed by atoms with Crippen molar-refractivity contribution in [2.75, 3.05) is 16.8 Å². The summed E-state index contributed by atoms with van der Waals surface area (Å²) in [4.78, 5) is 25.7. The minimum Gasteiger partial charge on any atom is -0.326 e. The summed E-state index contributed by atoms with van der Waals surface area (Å²) in [5, 5.41) is 3.03. The van der Waals surface area contributed by atoms with Crippen LogP contribution in [0.3, 0.4) is 0 Å². The van der Waals surface area contributed by atoms with Gasteiger partial charge >= 0.3 is 0 Å². The van der Waals surface area contributed by atoms with Gasteiger partial charge in [0.15, 0.2) is 0 Å². The minimum atomic E-state index is 0.0705. The summed E-state index contributed by atoms with van der Waals surface area (Å²) in [5.74, 6) is 0.264. The average Bonchev–Trinajstić information content (AvgIpc) is 2.91. The predicted molar refractivity (Wildman–Crippen MR) is 90.1 cm³/mol. The lowest BCUT2D eigenvalue weighted by atomic mass is 9.98. The third-order valence-electron chi connectivity index (χ3n) is 4.39. The quantitative estimate of drug-likeness (QED) is 0.870. The van der Waals surface area contributed by atoms with E-state index in [0.717, 1.165) is 55.6 Å². The zero-order valence-electron chi connectivity index (χ0n) is 13.8. The van der Waals surface area contributed by atoms with Gasteiger partial charge in [0.1, 0.15) is 0 Å². The van der Waals surface area contributed by atoms with E-state index in [0.29, 0.717) is 0 Å². The standard InChI is InChI=1S/C18H26N2O2/c1-4-6-7-14(5-2)18(22)19-16-8-9-17-15(12-16)10-11-20(17)13(3)21/h8-9,12,14H,4-7,10-11H2,1-3H3,(H,19,22). The molecule has 1 aliphatic heterocycles. The molecule has 0 saturated carbocycles. The van der Waals surface area contributed by atoms with Gasteiger partial charge in [-0.05, 0) is 43.0 Å². The molecule has 22 heavy (non-hydrogen) atoms. The van der Waals surface area contributed by atoms with Gasteiger partial charge in [-0.25, -0.2) is 0 Å². The van der Waals surface area contributed by atoms with Gasteiger partial charge in [-0.3, -0.25) is 9.59 Å². The molecule has 0 aliphatic carbocycles. The third-order valence-corrected chi connectivity index (χ3v) is 4.39. The van der Waals surface area contributed by atoms with Crippen LogP contribution < -0.4 is 10.2 Å². The Hall–Kier alpha value is -1.84. The molecule has 1 aromatic carbocycles. The van der Waals surface area contributed by atoms with Crippen LogP contribution in [0.15, 0.2) is 18.2 Å². The fraction of sp³-hybridized carbons (Fsp3) is 0.556. The minimum absolute atomic E-state index is 0.0705. The highest BCUT2D eigenvalue weighted by atomic mass is 16.2. The number of nitrogens with one attached hydrogen (secondary N) is 1. The molecule has 0 bridgehead atoms.